The third kappa shape index (κ3) is 3.95. The predicted octanol–water partition coefficient (Wildman–Crippen LogP) is 4.02. The van der Waals surface area contributed by atoms with Crippen LogP contribution in [0.15, 0.2) is 45.9 Å². The molecule has 0 radical (unpaired) electrons. The molecule has 0 bridgehead atoms. The van der Waals surface area contributed by atoms with Gasteiger partial charge in [0.1, 0.15) is 11.3 Å². The number of hydrogen-bond donors (Lipinski definition) is 2. The normalized spacial score (nSPS) is 11.2. The number of fused-ring (bicyclic) bond motifs is 1. The maximum Gasteiger partial charge on any atom is 0.307 e. The van der Waals surface area contributed by atoms with Crippen LogP contribution in [0.2, 0.25) is 0 Å². The van der Waals surface area contributed by atoms with Crippen LogP contribution in [0, 0.1) is 17.3 Å². The molecule has 0 saturated heterocycles. The largest absolute Gasteiger partial charge is 0.506 e. The molecule has 0 spiro atoms. The average Bonchev–Trinajstić information content (AvgIpc) is 3.02. The van der Waals surface area contributed by atoms with Crippen molar-refractivity contribution in [3.05, 3.63) is 65.0 Å². The van der Waals surface area contributed by atoms with Crippen LogP contribution in [0.4, 0.5) is 5.69 Å². The molecule has 26 heavy (non-hydrogen) atoms. The van der Waals surface area contributed by atoms with E-state index in [1.54, 1.807) is 12.1 Å². The first-order chi connectivity index (χ1) is 12.3. The molecular weight excluding hydrogens is 568 g/mol. The molecule has 1 heterocycles. The summed E-state index contributed by atoms with van der Waals surface area (Å²) < 4.78 is 6.71. The van der Waals surface area contributed by atoms with E-state index in [-0.39, 0.29) is 17.2 Å². The number of nitro benzene ring substituents is 1. The molecule has 0 saturated carbocycles. The second-order valence-electron chi connectivity index (χ2n) is 5.12. The highest BCUT2D eigenvalue weighted by Crippen LogP contribution is 2.27. The van der Waals surface area contributed by atoms with Crippen molar-refractivity contribution in [1.82, 2.24) is 5.43 Å². The number of halogens is 2. The number of phenolic OH excluding ortho intramolecular Hbond substituents is 1. The Morgan fingerprint density at radius 2 is 1.92 bits per heavy atom. The molecule has 10 heteroatoms. The number of carbonyl (C=O) groups is 1. The third-order valence-electron chi connectivity index (χ3n) is 3.35. The number of carbonyl (C=O) groups excluding carboxylic acids is 1. The Hall–Kier alpha value is -2.22. The third-order valence-corrected chi connectivity index (χ3v) is 5.00. The van der Waals surface area contributed by atoms with E-state index in [0.717, 1.165) is 0 Å². The lowest BCUT2D eigenvalue weighted by Gasteiger charge is -2.02. The van der Waals surface area contributed by atoms with Crippen molar-refractivity contribution >= 4 is 74.0 Å². The van der Waals surface area contributed by atoms with E-state index in [0.29, 0.717) is 23.7 Å². The van der Waals surface area contributed by atoms with Crippen molar-refractivity contribution in [2.45, 2.75) is 0 Å². The quantitative estimate of drug-likeness (QED) is 0.210. The van der Waals surface area contributed by atoms with Crippen LogP contribution in [0.5, 0.6) is 5.75 Å². The molecule has 0 aliphatic heterocycles. The van der Waals surface area contributed by atoms with Crippen molar-refractivity contribution in [3.8, 4) is 5.75 Å². The zero-order valence-electron chi connectivity index (χ0n) is 12.8. The predicted molar refractivity (Wildman–Crippen MR) is 111 cm³/mol. The van der Waals surface area contributed by atoms with E-state index in [1.165, 1.54) is 30.5 Å². The standard InChI is InChI=1S/C16H9I2N3O5/c17-11-3-8(4-12(18)15(11)22)7-19-20-16(23)14-6-9-5-10(21(24)25)1-2-13(9)26-14/h1-7,22H,(H,20,23)/b19-7-. The fraction of sp³-hybridized carbons (Fsp3) is 0. The molecule has 3 aromatic rings. The molecule has 8 nitrogen and oxygen atoms in total. The van der Waals surface area contributed by atoms with Gasteiger partial charge in [-0.2, -0.15) is 5.10 Å². The summed E-state index contributed by atoms with van der Waals surface area (Å²) in [5.74, 6) is -0.389. The smallest absolute Gasteiger partial charge is 0.307 e. The van der Waals surface area contributed by atoms with Gasteiger partial charge in [0.25, 0.3) is 5.69 Å². The van der Waals surface area contributed by atoms with Crippen LogP contribution in [0.1, 0.15) is 16.1 Å². The minimum atomic E-state index is -0.580. The number of nitro groups is 1. The first kappa shape index (κ1) is 18.6. The highest BCUT2D eigenvalue weighted by Gasteiger charge is 2.14. The monoisotopic (exact) mass is 577 g/mol. The summed E-state index contributed by atoms with van der Waals surface area (Å²) in [6.07, 6.45) is 1.44. The molecule has 1 amide bonds. The second kappa shape index (κ2) is 7.57. The van der Waals surface area contributed by atoms with Gasteiger partial charge >= 0.3 is 5.91 Å². The maximum absolute atomic E-state index is 12.1. The topological polar surface area (TPSA) is 118 Å². The lowest BCUT2D eigenvalue weighted by Crippen LogP contribution is -2.16. The van der Waals surface area contributed by atoms with Gasteiger partial charge in [0.2, 0.25) is 0 Å². The van der Waals surface area contributed by atoms with Gasteiger partial charge in [-0.25, -0.2) is 5.43 Å². The Morgan fingerprint density at radius 1 is 1.23 bits per heavy atom. The number of nitrogens with zero attached hydrogens (tertiary/aromatic N) is 2. The van der Waals surface area contributed by atoms with Gasteiger partial charge in [0.15, 0.2) is 5.76 Å². The molecule has 132 valence electrons. The van der Waals surface area contributed by atoms with E-state index in [1.807, 2.05) is 45.2 Å². The number of phenols is 1. The number of amides is 1. The number of rotatable bonds is 4. The van der Waals surface area contributed by atoms with Crippen LogP contribution in [-0.2, 0) is 0 Å². The van der Waals surface area contributed by atoms with Crippen molar-refractivity contribution in [3.63, 3.8) is 0 Å². The van der Waals surface area contributed by atoms with Gasteiger partial charge in [-0.15, -0.1) is 0 Å². The van der Waals surface area contributed by atoms with Gasteiger partial charge in [0.05, 0.1) is 18.3 Å². The van der Waals surface area contributed by atoms with E-state index in [4.69, 9.17) is 4.42 Å². The summed E-state index contributed by atoms with van der Waals surface area (Å²) >= 11 is 4.00. The molecule has 2 N–H and O–H groups in total. The Labute approximate surface area is 173 Å². The second-order valence-corrected chi connectivity index (χ2v) is 7.45. The molecule has 3 rings (SSSR count). The summed E-state index contributed by atoms with van der Waals surface area (Å²) in [5, 5.41) is 24.8. The molecule has 0 fully saturated rings. The fourth-order valence-corrected chi connectivity index (χ4v) is 3.95. The van der Waals surface area contributed by atoms with Gasteiger partial charge in [0, 0.05) is 17.5 Å². The fourth-order valence-electron chi connectivity index (χ4n) is 2.14. The number of nitrogens with one attached hydrogen (secondary N) is 1. The Balaban J connectivity index is 1.76. The van der Waals surface area contributed by atoms with Crippen molar-refractivity contribution in [1.29, 1.82) is 0 Å². The minimum Gasteiger partial charge on any atom is -0.506 e. The van der Waals surface area contributed by atoms with Gasteiger partial charge < -0.3 is 9.52 Å². The average molecular weight is 577 g/mol. The summed E-state index contributed by atoms with van der Waals surface area (Å²) in [6, 6.07) is 8.93. The number of non-ortho nitro benzene ring substituents is 1. The van der Waals surface area contributed by atoms with Crippen LogP contribution in [0.3, 0.4) is 0 Å². The number of furan rings is 1. The zero-order valence-corrected chi connectivity index (χ0v) is 17.1. The van der Waals surface area contributed by atoms with Gasteiger partial charge in [-0.05, 0) is 75.0 Å². The Morgan fingerprint density at radius 3 is 2.58 bits per heavy atom. The summed E-state index contributed by atoms with van der Waals surface area (Å²) in [7, 11) is 0. The molecule has 0 aliphatic carbocycles. The first-order valence-electron chi connectivity index (χ1n) is 7.04. The van der Waals surface area contributed by atoms with Crippen LogP contribution in [0.25, 0.3) is 11.0 Å². The minimum absolute atomic E-state index is 0.00693. The van der Waals surface area contributed by atoms with Crippen LogP contribution >= 0.6 is 45.2 Å². The first-order valence-corrected chi connectivity index (χ1v) is 9.20. The summed E-state index contributed by atoms with van der Waals surface area (Å²) in [4.78, 5) is 22.4. The summed E-state index contributed by atoms with van der Waals surface area (Å²) in [6.45, 7) is 0. The zero-order chi connectivity index (χ0) is 18.8. The molecule has 2 aromatic carbocycles. The number of aromatic hydroxyl groups is 1. The molecule has 0 unspecified atom stereocenters. The molecule has 1 aromatic heterocycles. The van der Waals surface area contributed by atoms with Gasteiger partial charge in [-0.1, -0.05) is 0 Å². The van der Waals surface area contributed by atoms with Crippen LogP contribution in [-0.4, -0.2) is 22.2 Å². The SMILES string of the molecule is O=C(N/N=C\c1cc(I)c(O)c(I)c1)c1cc2cc([N+](=O)[O-])ccc2o1. The molecule has 0 aliphatic rings. The van der Waals surface area contributed by atoms with Gasteiger partial charge in [-0.3, -0.25) is 14.9 Å². The molecular formula is C16H9I2N3O5. The Bertz CT molecular complexity index is 1040. The van der Waals surface area contributed by atoms with Crippen molar-refractivity contribution in [2.75, 3.05) is 0 Å². The van der Waals surface area contributed by atoms with E-state index >= 15 is 0 Å². The lowest BCUT2D eigenvalue weighted by atomic mass is 10.2. The number of benzene rings is 2. The highest BCUT2D eigenvalue weighted by molar-refractivity contribution is 14.1. The highest BCUT2D eigenvalue weighted by atomic mass is 127. The van der Waals surface area contributed by atoms with E-state index in [9.17, 15) is 20.0 Å². The van der Waals surface area contributed by atoms with Crippen molar-refractivity contribution < 1.29 is 19.2 Å². The Kier molecular flexibility index (Phi) is 5.41. The summed E-state index contributed by atoms with van der Waals surface area (Å²) in [5.41, 5.74) is 3.32. The number of hydrazone groups is 1. The van der Waals surface area contributed by atoms with E-state index in [2.05, 4.69) is 10.5 Å². The van der Waals surface area contributed by atoms with Crippen molar-refractivity contribution in [2.24, 2.45) is 5.10 Å². The molecule has 0 atom stereocenters. The van der Waals surface area contributed by atoms with Crippen LogP contribution < -0.4 is 5.43 Å². The number of hydrogen-bond acceptors (Lipinski definition) is 6. The lowest BCUT2D eigenvalue weighted by molar-refractivity contribution is -0.384. The van der Waals surface area contributed by atoms with E-state index < -0.39 is 10.8 Å². The maximum atomic E-state index is 12.1.